The zero-order chi connectivity index (χ0) is 50.6. The molecule has 0 fully saturated rings. The Morgan fingerprint density at radius 3 is 1.99 bits per heavy atom. The lowest BCUT2D eigenvalue weighted by atomic mass is 9.77. The Morgan fingerprint density at radius 1 is 0.806 bits per heavy atom. The lowest BCUT2D eigenvalue weighted by Crippen LogP contribution is -2.47. The van der Waals surface area contributed by atoms with Crippen molar-refractivity contribution in [2.45, 2.75) is 70.7 Å². The van der Waals surface area contributed by atoms with Gasteiger partial charge >= 0.3 is 6.09 Å². The van der Waals surface area contributed by atoms with E-state index < -0.39 is 34.1 Å². The van der Waals surface area contributed by atoms with Gasteiger partial charge in [-0.25, -0.2) is 14.5 Å². The number of anilines is 1. The Bertz CT molecular complexity index is 3160. The second-order valence-electron chi connectivity index (χ2n) is 18.5. The highest BCUT2D eigenvalue weighted by Gasteiger charge is 2.42. The molecule has 16 heteroatoms. The number of nitrogens with zero attached hydrogens (tertiary/aromatic N) is 8. The Hall–Kier alpha value is -8.79. The summed E-state index contributed by atoms with van der Waals surface area (Å²) in [5.74, 6) is 0.641. The average molecular weight is 964 g/mol. The van der Waals surface area contributed by atoms with E-state index in [1.165, 1.54) is 25.2 Å². The van der Waals surface area contributed by atoms with Crippen molar-refractivity contribution in [2.24, 2.45) is 0 Å². The molecule has 1 aliphatic heterocycles. The first kappa shape index (κ1) is 48.2. The van der Waals surface area contributed by atoms with E-state index >= 15 is 0 Å². The molecule has 1 N–H and O–H groups in total. The summed E-state index contributed by atoms with van der Waals surface area (Å²) in [5.41, 5.74) is 4.67. The standard InChI is InChI=1S/C56H53N9O7/c1-6-18-48-58-49-50(51(66)45(57-53(49)67)33-34-71-42-31-32-46(65(69)70)47(35-42)62(5)54(68)72-55(2,3)4)63(48)36-37-27-29-38(30-28-37)43-25-16-17-26-44(43)52-59-60-61-64(52)56(39-19-10-7-11-20-39,40-21-12-8-13-22-40)41-23-14-9-15-24-41/h7-17,19-32,35,45H,6,18,33-34,36H2,1-5H3,(H,57,67). The van der Waals surface area contributed by atoms with Gasteiger partial charge in [-0.05, 0) is 77.1 Å². The molecule has 1 aliphatic rings. The van der Waals surface area contributed by atoms with Crippen LogP contribution < -0.4 is 15.0 Å². The van der Waals surface area contributed by atoms with Gasteiger partial charge in [-0.15, -0.1) is 5.10 Å². The fourth-order valence-corrected chi connectivity index (χ4v) is 9.28. The molecule has 0 saturated heterocycles. The molecule has 6 aromatic carbocycles. The molecule has 8 aromatic rings. The van der Waals surface area contributed by atoms with Crippen LogP contribution in [0.2, 0.25) is 0 Å². The molecule has 72 heavy (non-hydrogen) atoms. The van der Waals surface area contributed by atoms with E-state index in [2.05, 4.69) is 46.9 Å². The highest BCUT2D eigenvalue weighted by molar-refractivity contribution is 6.13. The first-order valence-electron chi connectivity index (χ1n) is 23.7. The number of benzene rings is 6. The first-order valence-corrected chi connectivity index (χ1v) is 23.7. The van der Waals surface area contributed by atoms with Crippen LogP contribution in [0.25, 0.3) is 22.5 Å². The van der Waals surface area contributed by atoms with Crippen molar-refractivity contribution in [1.82, 2.24) is 35.1 Å². The minimum atomic E-state index is -0.945. The third-order valence-corrected chi connectivity index (χ3v) is 12.6. The summed E-state index contributed by atoms with van der Waals surface area (Å²) in [6.45, 7) is 7.35. The van der Waals surface area contributed by atoms with Gasteiger partial charge in [-0.3, -0.25) is 24.6 Å². The molecule has 2 aromatic heterocycles. The smallest absolute Gasteiger partial charge is 0.414 e. The number of hydrogen-bond donors (Lipinski definition) is 1. The third-order valence-electron chi connectivity index (χ3n) is 12.6. The van der Waals surface area contributed by atoms with Gasteiger partial charge in [-0.2, -0.15) is 0 Å². The number of fused-ring (bicyclic) bond motifs is 1. The summed E-state index contributed by atoms with van der Waals surface area (Å²) in [7, 11) is 1.38. The highest BCUT2D eigenvalue weighted by Crippen LogP contribution is 2.43. The van der Waals surface area contributed by atoms with Gasteiger partial charge in [0.25, 0.3) is 11.6 Å². The number of carbonyl (C=O) groups excluding carboxylic acids is 3. The van der Waals surface area contributed by atoms with Crippen molar-refractivity contribution in [3.63, 3.8) is 0 Å². The Morgan fingerprint density at radius 2 is 1.40 bits per heavy atom. The maximum atomic E-state index is 14.4. The summed E-state index contributed by atoms with van der Waals surface area (Å²) in [6, 6.07) is 50.0. The van der Waals surface area contributed by atoms with E-state index in [9.17, 15) is 24.5 Å². The normalized spacial score (nSPS) is 13.5. The van der Waals surface area contributed by atoms with Crippen LogP contribution in [-0.4, -0.2) is 77.8 Å². The maximum Gasteiger partial charge on any atom is 0.414 e. The van der Waals surface area contributed by atoms with Gasteiger partial charge in [0.05, 0.1) is 17.6 Å². The maximum absolute atomic E-state index is 14.4. The molecule has 9 rings (SSSR count). The van der Waals surface area contributed by atoms with Crippen molar-refractivity contribution in [1.29, 1.82) is 0 Å². The zero-order valence-corrected chi connectivity index (χ0v) is 40.6. The first-order chi connectivity index (χ1) is 34.8. The summed E-state index contributed by atoms with van der Waals surface area (Å²) in [4.78, 5) is 57.9. The van der Waals surface area contributed by atoms with Crippen LogP contribution in [-0.2, 0) is 23.2 Å². The number of nitro groups is 1. The van der Waals surface area contributed by atoms with Crippen molar-refractivity contribution in [3.05, 3.63) is 207 Å². The van der Waals surface area contributed by atoms with E-state index in [1.807, 2.05) is 119 Å². The van der Waals surface area contributed by atoms with Crippen LogP contribution in [0, 0.1) is 10.1 Å². The quantitative estimate of drug-likeness (QED) is 0.0551. The van der Waals surface area contributed by atoms with Crippen LogP contribution in [0.1, 0.15) is 89.6 Å². The average Bonchev–Trinajstić information content (AvgIpc) is 4.02. The van der Waals surface area contributed by atoms with Gasteiger partial charge in [0.15, 0.2) is 11.5 Å². The van der Waals surface area contributed by atoms with Gasteiger partial charge in [0.2, 0.25) is 5.78 Å². The second kappa shape index (κ2) is 20.3. The monoisotopic (exact) mass is 963 g/mol. The molecular weight excluding hydrogens is 911 g/mol. The number of ketones is 1. The van der Waals surface area contributed by atoms with Gasteiger partial charge in [0, 0.05) is 44.1 Å². The highest BCUT2D eigenvalue weighted by atomic mass is 16.6. The number of hydrogen-bond acceptors (Lipinski definition) is 11. The lowest BCUT2D eigenvalue weighted by molar-refractivity contribution is -0.384. The largest absolute Gasteiger partial charge is 0.493 e. The van der Waals surface area contributed by atoms with E-state index in [1.54, 1.807) is 20.8 Å². The molecular formula is C56H53N9O7. The fraction of sp³-hybridized carbons (Fsp3) is 0.232. The number of nitrogens with one attached hydrogen (secondary N) is 1. The number of ether oxygens (including phenoxy) is 2. The number of rotatable bonds is 16. The Balaban J connectivity index is 0.985. The number of amides is 2. The third kappa shape index (κ3) is 9.45. The Labute approximate surface area is 416 Å². The topological polar surface area (TPSA) is 190 Å². The number of Topliss-reactive ketones (excluding diaryl/α,β-unsaturated/α-hetero) is 1. The number of aryl methyl sites for hydroxylation is 1. The minimum Gasteiger partial charge on any atom is -0.493 e. The number of nitro benzene ring substituents is 1. The van der Waals surface area contributed by atoms with E-state index in [-0.39, 0.29) is 53.9 Å². The molecule has 0 saturated carbocycles. The van der Waals surface area contributed by atoms with Crippen molar-refractivity contribution in [3.8, 4) is 28.3 Å². The van der Waals surface area contributed by atoms with E-state index in [0.717, 1.165) is 50.3 Å². The van der Waals surface area contributed by atoms with Crippen LogP contribution in [0.4, 0.5) is 16.2 Å². The molecule has 3 heterocycles. The molecule has 0 radical (unpaired) electrons. The second-order valence-corrected chi connectivity index (χ2v) is 18.5. The predicted molar refractivity (Wildman–Crippen MR) is 272 cm³/mol. The molecule has 364 valence electrons. The number of carbonyl (C=O) groups is 3. The molecule has 2 amide bonds. The van der Waals surface area contributed by atoms with Crippen molar-refractivity contribution < 1.29 is 28.8 Å². The van der Waals surface area contributed by atoms with Gasteiger partial charge in [-0.1, -0.05) is 146 Å². The summed E-state index contributed by atoms with van der Waals surface area (Å²) in [5, 5.41) is 28.5. The molecule has 0 bridgehead atoms. The fourth-order valence-electron chi connectivity index (χ4n) is 9.28. The summed E-state index contributed by atoms with van der Waals surface area (Å²) in [6.07, 6.45) is 0.586. The van der Waals surface area contributed by atoms with Crippen LogP contribution in [0.15, 0.2) is 158 Å². The molecule has 0 aliphatic carbocycles. The van der Waals surface area contributed by atoms with Crippen molar-refractivity contribution >= 4 is 29.2 Å². The zero-order valence-electron chi connectivity index (χ0n) is 40.6. The minimum absolute atomic E-state index is 0.0302. The molecule has 1 unspecified atom stereocenters. The Kier molecular flexibility index (Phi) is 13.6. The van der Waals surface area contributed by atoms with Gasteiger partial charge < -0.3 is 19.4 Å². The lowest BCUT2D eigenvalue weighted by Gasteiger charge is -2.36. The summed E-state index contributed by atoms with van der Waals surface area (Å²) < 4.78 is 15.2. The van der Waals surface area contributed by atoms with Crippen LogP contribution in [0.5, 0.6) is 5.75 Å². The molecule has 1 atom stereocenters. The number of imidazole rings is 1. The number of tetrazole rings is 1. The number of aromatic nitrogens is 6. The van der Waals surface area contributed by atoms with Crippen molar-refractivity contribution in [2.75, 3.05) is 18.6 Å². The molecule has 16 nitrogen and oxygen atoms in total. The SMILES string of the molecule is CCCc1nc2c(n1Cc1ccc(-c3ccccc3-c3nnnn3C(c3ccccc3)(c3ccccc3)c3ccccc3)cc1)C(=O)C(CCOc1ccc([N+](=O)[O-])c(N(C)C(=O)OC(C)(C)C)c1)NC2=O. The predicted octanol–water partition coefficient (Wildman–Crippen LogP) is 10.1. The molecule has 0 spiro atoms. The summed E-state index contributed by atoms with van der Waals surface area (Å²) >= 11 is 0. The van der Waals surface area contributed by atoms with E-state index in [0.29, 0.717) is 18.1 Å². The van der Waals surface area contributed by atoms with Crippen LogP contribution >= 0.6 is 0 Å². The van der Waals surface area contributed by atoms with Gasteiger partial charge in [0.1, 0.15) is 34.1 Å². The van der Waals surface area contributed by atoms with Crippen LogP contribution in [0.3, 0.4) is 0 Å². The van der Waals surface area contributed by atoms with E-state index in [4.69, 9.17) is 24.8 Å².